The summed E-state index contributed by atoms with van der Waals surface area (Å²) in [5, 5.41) is 2.99. The zero-order valence-corrected chi connectivity index (χ0v) is 12.2. The van der Waals surface area contributed by atoms with E-state index in [1.165, 1.54) is 0 Å². The smallest absolute Gasteiger partial charge is 0.237 e. The van der Waals surface area contributed by atoms with Crippen molar-refractivity contribution in [1.82, 2.24) is 10.2 Å². The molecule has 6 nitrogen and oxygen atoms in total. The minimum Gasteiger partial charge on any atom is -0.369 e. The number of rotatable bonds is 7. The van der Waals surface area contributed by atoms with Gasteiger partial charge in [0.15, 0.2) is 0 Å². The van der Waals surface area contributed by atoms with Crippen molar-refractivity contribution in [2.45, 2.75) is 31.3 Å². The summed E-state index contributed by atoms with van der Waals surface area (Å²) in [5.74, 6) is 0.523. The number of hydrogen-bond acceptors (Lipinski definition) is 5. The fraction of sp³-hybridized carbons (Fsp3) is 0.833. The van der Waals surface area contributed by atoms with E-state index < -0.39 is 6.04 Å². The molecule has 7 heteroatoms. The molecular weight excluding hydrogens is 264 g/mol. The van der Waals surface area contributed by atoms with Crippen molar-refractivity contribution < 1.29 is 9.59 Å². The number of piperidine rings is 1. The second-order valence-corrected chi connectivity index (χ2v) is 5.90. The summed E-state index contributed by atoms with van der Waals surface area (Å²) < 4.78 is 0. The van der Waals surface area contributed by atoms with Crippen LogP contribution in [0.5, 0.6) is 0 Å². The summed E-state index contributed by atoms with van der Waals surface area (Å²) in [6.45, 7) is 1.87. The van der Waals surface area contributed by atoms with Crippen molar-refractivity contribution >= 4 is 23.6 Å². The standard InChI is InChI=1S/C12H24N4O2S/c1-19-7-4-10(13)12(18)15-9-2-5-16(6-3-9)8-11(14)17/h9-10H,2-8,13H2,1H3,(H2,14,17)(H,15,18)/t10-/m1/s1. The highest BCUT2D eigenvalue weighted by molar-refractivity contribution is 7.98. The summed E-state index contributed by atoms with van der Waals surface area (Å²) in [7, 11) is 0. The van der Waals surface area contributed by atoms with Crippen molar-refractivity contribution in [1.29, 1.82) is 0 Å². The second-order valence-electron chi connectivity index (χ2n) is 4.91. The summed E-state index contributed by atoms with van der Waals surface area (Å²) in [6, 6.07) is -0.256. The lowest BCUT2D eigenvalue weighted by Gasteiger charge is -2.32. The molecule has 0 unspecified atom stereocenters. The van der Waals surface area contributed by atoms with Gasteiger partial charge < -0.3 is 16.8 Å². The van der Waals surface area contributed by atoms with Crippen LogP contribution in [0.15, 0.2) is 0 Å². The monoisotopic (exact) mass is 288 g/mol. The van der Waals surface area contributed by atoms with Gasteiger partial charge in [-0.2, -0.15) is 11.8 Å². The first-order valence-electron chi connectivity index (χ1n) is 6.58. The van der Waals surface area contributed by atoms with Crippen LogP contribution < -0.4 is 16.8 Å². The quantitative estimate of drug-likeness (QED) is 0.565. The molecule has 1 heterocycles. The van der Waals surface area contributed by atoms with Gasteiger partial charge in [-0.3, -0.25) is 14.5 Å². The third kappa shape index (κ3) is 6.26. The Hall–Kier alpha value is -0.790. The molecule has 0 spiro atoms. The highest BCUT2D eigenvalue weighted by Gasteiger charge is 2.23. The van der Waals surface area contributed by atoms with E-state index in [0.717, 1.165) is 31.7 Å². The Morgan fingerprint density at radius 1 is 1.42 bits per heavy atom. The van der Waals surface area contributed by atoms with Gasteiger partial charge in [0, 0.05) is 19.1 Å². The maximum Gasteiger partial charge on any atom is 0.237 e. The molecule has 110 valence electrons. The van der Waals surface area contributed by atoms with Crippen molar-refractivity contribution in [3.63, 3.8) is 0 Å². The third-order valence-corrected chi connectivity index (χ3v) is 3.93. The number of hydrogen-bond donors (Lipinski definition) is 3. The highest BCUT2D eigenvalue weighted by Crippen LogP contribution is 2.10. The fourth-order valence-electron chi connectivity index (χ4n) is 2.14. The normalized spacial score (nSPS) is 19.1. The summed E-state index contributed by atoms with van der Waals surface area (Å²) >= 11 is 1.69. The molecule has 0 bridgehead atoms. The lowest BCUT2D eigenvalue weighted by molar-refractivity contribution is -0.124. The fourth-order valence-corrected chi connectivity index (χ4v) is 2.63. The molecule has 0 aromatic carbocycles. The van der Waals surface area contributed by atoms with Crippen molar-refractivity contribution in [3.05, 3.63) is 0 Å². The van der Waals surface area contributed by atoms with Crippen LogP contribution in [0.2, 0.25) is 0 Å². The van der Waals surface area contributed by atoms with Crippen molar-refractivity contribution in [2.24, 2.45) is 11.5 Å². The van der Waals surface area contributed by atoms with Crippen LogP contribution >= 0.6 is 11.8 Å². The molecule has 0 saturated carbocycles. The van der Waals surface area contributed by atoms with Crippen LogP contribution in [0.3, 0.4) is 0 Å². The number of nitrogens with one attached hydrogen (secondary N) is 1. The van der Waals surface area contributed by atoms with Gasteiger partial charge >= 0.3 is 0 Å². The summed E-state index contributed by atoms with van der Waals surface area (Å²) in [4.78, 5) is 24.7. The average Bonchev–Trinajstić information content (AvgIpc) is 2.37. The Morgan fingerprint density at radius 3 is 2.58 bits per heavy atom. The molecule has 0 aromatic heterocycles. The Kier molecular flexibility index (Phi) is 7.19. The Balaban J connectivity index is 2.24. The van der Waals surface area contributed by atoms with Crippen LogP contribution in [0, 0.1) is 0 Å². The van der Waals surface area contributed by atoms with E-state index >= 15 is 0 Å². The number of thioether (sulfide) groups is 1. The first-order valence-corrected chi connectivity index (χ1v) is 7.98. The molecule has 1 aliphatic rings. The van der Waals surface area contributed by atoms with Crippen molar-refractivity contribution in [3.8, 4) is 0 Å². The number of nitrogens with zero attached hydrogens (tertiary/aromatic N) is 1. The zero-order valence-electron chi connectivity index (χ0n) is 11.4. The van der Waals surface area contributed by atoms with Crippen LogP contribution in [-0.4, -0.2) is 60.4 Å². The van der Waals surface area contributed by atoms with Crippen molar-refractivity contribution in [2.75, 3.05) is 31.6 Å². The maximum atomic E-state index is 11.8. The third-order valence-electron chi connectivity index (χ3n) is 3.28. The molecule has 0 radical (unpaired) electrons. The number of carbonyl (C=O) groups is 2. The molecule has 1 aliphatic heterocycles. The Bertz CT molecular complexity index is 306. The molecule has 0 aromatic rings. The van der Waals surface area contributed by atoms with Gasteiger partial charge in [-0.25, -0.2) is 0 Å². The van der Waals surface area contributed by atoms with E-state index in [-0.39, 0.29) is 17.9 Å². The van der Waals surface area contributed by atoms with Gasteiger partial charge in [0.2, 0.25) is 11.8 Å². The van der Waals surface area contributed by atoms with E-state index in [0.29, 0.717) is 13.0 Å². The molecule has 1 rings (SSSR count). The van der Waals surface area contributed by atoms with E-state index in [4.69, 9.17) is 11.5 Å². The van der Waals surface area contributed by atoms with Crippen LogP contribution in [0.4, 0.5) is 0 Å². The van der Waals surface area contributed by atoms with Gasteiger partial charge in [-0.1, -0.05) is 0 Å². The first kappa shape index (κ1) is 16.3. The number of nitrogens with two attached hydrogens (primary N) is 2. The maximum absolute atomic E-state index is 11.8. The second kappa shape index (κ2) is 8.39. The molecule has 5 N–H and O–H groups in total. The lowest BCUT2D eigenvalue weighted by Crippen LogP contribution is -2.50. The Morgan fingerprint density at radius 2 is 2.05 bits per heavy atom. The molecule has 0 aliphatic carbocycles. The van der Waals surface area contributed by atoms with E-state index in [2.05, 4.69) is 5.32 Å². The van der Waals surface area contributed by atoms with Gasteiger partial charge in [-0.05, 0) is 31.3 Å². The number of likely N-dealkylation sites (tertiary alicyclic amines) is 1. The average molecular weight is 288 g/mol. The largest absolute Gasteiger partial charge is 0.369 e. The number of amides is 2. The predicted molar refractivity (Wildman–Crippen MR) is 77.8 cm³/mol. The minimum atomic E-state index is -0.420. The van der Waals surface area contributed by atoms with Crippen LogP contribution in [-0.2, 0) is 9.59 Å². The number of carbonyl (C=O) groups excluding carboxylic acids is 2. The van der Waals surface area contributed by atoms with Gasteiger partial charge in [-0.15, -0.1) is 0 Å². The zero-order chi connectivity index (χ0) is 14.3. The van der Waals surface area contributed by atoms with E-state index in [9.17, 15) is 9.59 Å². The van der Waals surface area contributed by atoms with Gasteiger partial charge in [0.05, 0.1) is 12.6 Å². The van der Waals surface area contributed by atoms with E-state index in [1.54, 1.807) is 11.8 Å². The van der Waals surface area contributed by atoms with Crippen LogP contribution in [0.25, 0.3) is 0 Å². The van der Waals surface area contributed by atoms with Crippen LogP contribution in [0.1, 0.15) is 19.3 Å². The summed E-state index contributed by atoms with van der Waals surface area (Å²) in [5.41, 5.74) is 11.0. The lowest BCUT2D eigenvalue weighted by atomic mass is 10.0. The van der Waals surface area contributed by atoms with E-state index in [1.807, 2.05) is 11.2 Å². The molecule has 2 amide bonds. The minimum absolute atomic E-state index is 0.0672. The molecule has 1 atom stereocenters. The molecule has 1 fully saturated rings. The molecule has 1 saturated heterocycles. The SMILES string of the molecule is CSCC[C@@H](N)C(=O)NC1CCN(CC(N)=O)CC1. The summed E-state index contributed by atoms with van der Waals surface area (Å²) in [6.07, 6.45) is 4.38. The highest BCUT2D eigenvalue weighted by atomic mass is 32.2. The molecular formula is C12H24N4O2S. The molecule has 19 heavy (non-hydrogen) atoms. The van der Waals surface area contributed by atoms with Gasteiger partial charge in [0.1, 0.15) is 0 Å². The Labute approximate surface area is 118 Å². The predicted octanol–water partition coefficient (Wildman–Crippen LogP) is -0.867. The first-order chi connectivity index (χ1) is 9.02. The topological polar surface area (TPSA) is 101 Å². The number of primary amides is 1. The van der Waals surface area contributed by atoms with Gasteiger partial charge in [0.25, 0.3) is 0 Å².